The van der Waals surface area contributed by atoms with Crippen LogP contribution < -0.4 is 11.1 Å². The van der Waals surface area contributed by atoms with E-state index in [0.717, 1.165) is 24.8 Å². The summed E-state index contributed by atoms with van der Waals surface area (Å²) in [6.07, 6.45) is 7.79. The first-order chi connectivity index (χ1) is 17.4. The Hall–Kier alpha value is -2.48. The number of benzene rings is 1. The minimum absolute atomic E-state index is 0.0622. The molecule has 2 amide bonds. The quantitative estimate of drug-likeness (QED) is 0.286. The van der Waals surface area contributed by atoms with Crippen LogP contribution in [0.15, 0.2) is 54.1 Å². The van der Waals surface area contributed by atoms with Crippen LogP contribution >= 0.6 is 0 Å². The van der Waals surface area contributed by atoms with Crippen molar-refractivity contribution in [3.8, 4) is 0 Å². The highest BCUT2D eigenvalue weighted by atomic mass is 16.5. The molecule has 0 saturated carbocycles. The van der Waals surface area contributed by atoms with Gasteiger partial charge in [0.2, 0.25) is 11.8 Å². The third kappa shape index (κ3) is 8.29. The second-order valence-electron chi connectivity index (χ2n) is 9.60. The first-order valence-corrected chi connectivity index (χ1v) is 13.4. The predicted molar refractivity (Wildman–Crippen MR) is 144 cm³/mol. The first-order valence-electron chi connectivity index (χ1n) is 13.4. The predicted octanol–water partition coefficient (Wildman–Crippen LogP) is 3.23. The van der Waals surface area contributed by atoms with Gasteiger partial charge in [0.1, 0.15) is 0 Å². The lowest BCUT2D eigenvalue weighted by Crippen LogP contribution is -2.51. The summed E-state index contributed by atoms with van der Waals surface area (Å²) in [5.41, 5.74) is 6.45. The standard InChI is InChI=1S/C29H45N3O4/c1-4-16-32(17-5-2)27(34)24-13-10-14-29(21-24,28(30)35)25(20-23-11-8-7-9-12-23)26(33)22-31-15-19-36-18-6-3/h7-14,25-26,31,33H,4-6,15-22H2,1-3H3,(H2,30,35)/t25-,26+,29?/m1/s1. The molecule has 1 aromatic rings. The number of amides is 2. The number of carbonyl (C=O) groups is 2. The fourth-order valence-electron chi connectivity index (χ4n) is 4.89. The Kier molecular flexibility index (Phi) is 12.9. The minimum Gasteiger partial charge on any atom is -0.391 e. The van der Waals surface area contributed by atoms with Gasteiger partial charge in [-0.25, -0.2) is 0 Å². The number of nitrogens with one attached hydrogen (secondary N) is 1. The Balaban J connectivity index is 2.30. The number of aliphatic hydroxyl groups excluding tert-OH is 1. The van der Waals surface area contributed by atoms with Gasteiger partial charge in [-0.1, -0.05) is 69.3 Å². The van der Waals surface area contributed by atoms with E-state index in [2.05, 4.69) is 12.2 Å². The Morgan fingerprint density at radius 1 is 1.11 bits per heavy atom. The molecule has 0 heterocycles. The molecule has 1 aliphatic carbocycles. The molecule has 1 aliphatic rings. The Morgan fingerprint density at radius 2 is 1.81 bits per heavy atom. The van der Waals surface area contributed by atoms with E-state index < -0.39 is 23.3 Å². The smallest absolute Gasteiger partial charge is 0.249 e. The molecule has 0 fully saturated rings. The molecular formula is C29H45N3O4. The normalized spacial score (nSPS) is 18.9. The first kappa shape index (κ1) is 29.7. The number of carbonyl (C=O) groups excluding carboxylic acids is 2. The van der Waals surface area contributed by atoms with E-state index in [9.17, 15) is 14.7 Å². The third-order valence-corrected chi connectivity index (χ3v) is 6.73. The van der Waals surface area contributed by atoms with Gasteiger partial charge in [0.05, 0.1) is 18.1 Å². The highest BCUT2D eigenvalue weighted by Gasteiger charge is 2.47. The summed E-state index contributed by atoms with van der Waals surface area (Å²) in [5.74, 6) is -1.10. The minimum atomic E-state index is -1.18. The van der Waals surface area contributed by atoms with Crippen molar-refractivity contribution in [3.05, 3.63) is 59.7 Å². The Morgan fingerprint density at radius 3 is 2.42 bits per heavy atom. The molecule has 2 rings (SSSR count). The van der Waals surface area contributed by atoms with Crippen molar-refractivity contribution in [1.29, 1.82) is 0 Å². The molecule has 1 unspecified atom stereocenters. The molecule has 0 bridgehead atoms. The van der Waals surface area contributed by atoms with Gasteiger partial charge in [0, 0.05) is 44.3 Å². The summed E-state index contributed by atoms with van der Waals surface area (Å²) in [6, 6.07) is 9.79. The van der Waals surface area contributed by atoms with Crippen LogP contribution in [-0.4, -0.2) is 67.3 Å². The molecule has 7 nitrogen and oxygen atoms in total. The lowest BCUT2D eigenvalue weighted by atomic mass is 9.64. The summed E-state index contributed by atoms with van der Waals surface area (Å²) in [7, 11) is 0. The molecule has 0 spiro atoms. The molecular weight excluding hydrogens is 454 g/mol. The van der Waals surface area contributed by atoms with E-state index in [1.807, 2.05) is 49.1 Å². The summed E-state index contributed by atoms with van der Waals surface area (Å²) in [4.78, 5) is 28.4. The lowest BCUT2D eigenvalue weighted by Gasteiger charge is -2.41. The second-order valence-corrected chi connectivity index (χ2v) is 9.60. The van der Waals surface area contributed by atoms with E-state index in [1.54, 1.807) is 18.2 Å². The van der Waals surface area contributed by atoms with E-state index in [1.165, 1.54) is 0 Å². The van der Waals surface area contributed by atoms with Crippen LogP contribution in [0.25, 0.3) is 0 Å². The molecule has 0 aromatic heterocycles. The van der Waals surface area contributed by atoms with E-state index in [4.69, 9.17) is 10.5 Å². The van der Waals surface area contributed by atoms with Gasteiger partial charge in [-0.3, -0.25) is 9.59 Å². The maximum absolute atomic E-state index is 13.4. The number of rotatable bonds is 17. The summed E-state index contributed by atoms with van der Waals surface area (Å²) >= 11 is 0. The highest BCUT2D eigenvalue weighted by Crippen LogP contribution is 2.42. The largest absolute Gasteiger partial charge is 0.391 e. The number of aliphatic hydroxyl groups is 1. The SMILES string of the molecule is CCCOCCNC[C@H](O)[C@@H](Cc1ccccc1)C1(C(N)=O)C=CC=C(C(=O)N(CCC)CCC)C1. The molecule has 0 radical (unpaired) electrons. The summed E-state index contributed by atoms with van der Waals surface area (Å²) in [5, 5.41) is 14.6. The zero-order chi connectivity index (χ0) is 26.4. The second kappa shape index (κ2) is 15.6. The molecule has 0 saturated heterocycles. The van der Waals surface area contributed by atoms with Crippen LogP contribution in [0.1, 0.15) is 52.0 Å². The number of nitrogens with zero attached hydrogens (tertiary/aromatic N) is 1. The summed E-state index contributed by atoms with van der Waals surface area (Å²) < 4.78 is 5.52. The Labute approximate surface area is 216 Å². The molecule has 200 valence electrons. The van der Waals surface area contributed by atoms with Crippen molar-refractivity contribution in [2.24, 2.45) is 17.1 Å². The average Bonchev–Trinajstić information content (AvgIpc) is 2.89. The zero-order valence-electron chi connectivity index (χ0n) is 22.2. The van der Waals surface area contributed by atoms with Crippen LogP contribution in [-0.2, 0) is 20.7 Å². The fourth-order valence-corrected chi connectivity index (χ4v) is 4.89. The molecule has 0 aliphatic heterocycles. The van der Waals surface area contributed by atoms with Crippen LogP contribution in [0, 0.1) is 11.3 Å². The van der Waals surface area contributed by atoms with Crippen molar-refractivity contribution in [1.82, 2.24) is 10.2 Å². The zero-order valence-corrected chi connectivity index (χ0v) is 22.2. The van der Waals surface area contributed by atoms with E-state index in [0.29, 0.717) is 51.4 Å². The maximum atomic E-state index is 13.4. The molecule has 1 aromatic carbocycles. The number of hydrogen-bond donors (Lipinski definition) is 3. The number of hydrogen-bond acceptors (Lipinski definition) is 5. The monoisotopic (exact) mass is 499 g/mol. The van der Waals surface area contributed by atoms with Gasteiger partial charge in [-0.05, 0) is 37.7 Å². The van der Waals surface area contributed by atoms with Gasteiger partial charge in [-0.2, -0.15) is 0 Å². The number of allylic oxidation sites excluding steroid dienone is 2. The third-order valence-electron chi connectivity index (χ3n) is 6.73. The lowest BCUT2D eigenvalue weighted by molar-refractivity contribution is -0.132. The molecule has 7 heteroatoms. The van der Waals surface area contributed by atoms with Crippen molar-refractivity contribution in [2.75, 3.05) is 39.4 Å². The van der Waals surface area contributed by atoms with Gasteiger partial charge in [-0.15, -0.1) is 0 Å². The van der Waals surface area contributed by atoms with Crippen molar-refractivity contribution < 1.29 is 19.4 Å². The molecule has 3 atom stereocenters. The summed E-state index contributed by atoms with van der Waals surface area (Å²) in [6.45, 7) is 9.63. The van der Waals surface area contributed by atoms with Crippen molar-refractivity contribution in [3.63, 3.8) is 0 Å². The van der Waals surface area contributed by atoms with Crippen LogP contribution in [0.3, 0.4) is 0 Å². The topological polar surface area (TPSA) is 105 Å². The van der Waals surface area contributed by atoms with Crippen LogP contribution in [0.4, 0.5) is 0 Å². The number of ether oxygens (including phenoxy) is 1. The maximum Gasteiger partial charge on any atom is 0.249 e. The van der Waals surface area contributed by atoms with E-state index in [-0.39, 0.29) is 12.3 Å². The van der Waals surface area contributed by atoms with Gasteiger partial charge >= 0.3 is 0 Å². The van der Waals surface area contributed by atoms with E-state index >= 15 is 0 Å². The fraction of sp³-hybridized carbons (Fsp3) is 0.586. The van der Waals surface area contributed by atoms with Crippen molar-refractivity contribution >= 4 is 11.8 Å². The van der Waals surface area contributed by atoms with Crippen molar-refractivity contribution in [2.45, 2.75) is 59.0 Å². The average molecular weight is 500 g/mol. The number of primary amides is 1. The van der Waals surface area contributed by atoms with Gasteiger partial charge in [0.15, 0.2) is 0 Å². The highest BCUT2D eigenvalue weighted by molar-refractivity contribution is 5.96. The molecule has 4 N–H and O–H groups in total. The number of nitrogens with two attached hydrogens (primary N) is 1. The van der Waals surface area contributed by atoms with Crippen LogP contribution in [0.2, 0.25) is 0 Å². The van der Waals surface area contributed by atoms with Gasteiger partial charge < -0.3 is 25.8 Å². The van der Waals surface area contributed by atoms with Gasteiger partial charge in [0.25, 0.3) is 0 Å². The van der Waals surface area contributed by atoms with Crippen LogP contribution in [0.5, 0.6) is 0 Å². The Bertz CT molecular complexity index is 865. The molecule has 36 heavy (non-hydrogen) atoms.